The second kappa shape index (κ2) is 9.92. The summed E-state index contributed by atoms with van der Waals surface area (Å²) in [5.41, 5.74) is 1.93. The lowest BCUT2D eigenvalue weighted by Gasteiger charge is -2.44. The lowest BCUT2D eigenvalue weighted by atomic mass is 9.60. The fraction of sp³-hybridized carbons (Fsp3) is 0.741. The zero-order valence-electron chi connectivity index (χ0n) is 20.0. The Kier molecular flexibility index (Phi) is 7.86. The van der Waals surface area contributed by atoms with Crippen molar-refractivity contribution in [3.05, 3.63) is 35.5 Å². The monoisotopic (exact) mass is 446 g/mol. The number of hydrogen-bond acceptors (Lipinski definition) is 5. The molecule has 4 N–H and O–H groups in total. The maximum absolute atomic E-state index is 12.5. The Bertz CT molecular complexity index is 779. The van der Waals surface area contributed by atoms with Gasteiger partial charge in [-0.3, -0.25) is 4.79 Å². The number of carbonyl (C=O) groups is 1. The van der Waals surface area contributed by atoms with Crippen molar-refractivity contribution in [3.8, 4) is 0 Å². The molecule has 3 rings (SSSR count). The number of ketones is 1. The summed E-state index contributed by atoms with van der Waals surface area (Å²) in [4.78, 5) is 12.5. The Morgan fingerprint density at radius 2 is 2.03 bits per heavy atom. The third-order valence-corrected chi connectivity index (χ3v) is 8.46. The lowest BCUT2D eigenvalue weighted by Crippen LogP contribution is -2.37. The number of rotatable bonds is 7. The minimum atomic E-state index is -1.34. The largest absolute Gasteiger partial charge is 0.393 e. The number of allylic oxidation sites excluding steroid dienone is 3. The third-order valence-electron chi connectivity index (χ3n) is 8.46. The minimum Gasteiger partial charge on any atom is -0.393 e. The number of fused-ring (bicyclic) bond motifs is 1. The number of Topliss-reactive ketones (excluding diaryl/α,β-unsaturated/α-hetero) is 1. The van der Waals surface area contributed by atoms with E-state index in [0.717, 1.165) is 43.3 Å². The minimum absolute atomic E-state index is 0.00101. The third kappa shape index (κ3) is 5.44. The fourth-order valence-electron chi connectivity index (χ4n) is 6.73. The van der Waals surface area contributed by atoms with Crippen molar-refractivity contribution < 1.29 is 25.2 Å². The van der Waals surface area contributed by atoms with E-state index in [1.165, 1.54) is 12.5 Å². The van der Waals surface area contributed by atoms with Crippen LogP contribution in [0.5, 0.6) is 0 Å². The maximum Gasteiger partial charge on any atom is 0.136 e. The number of aliphatic hydroxyl groups is 4. The van der Waals surface area contributed by atoms with Crippen molar-refractivity contribution >= 4 is 5.78 Å². The number of carbonyl (C=O) groups excluding carboxylic acids is 1. The van der Waals surface area contributed by atoms with E-state index in [9.17, 15) is 25.2 Å². The van der Waals surface area contributed by atoms with E-state index in [-0.39, 0.29) is 23.5 Å². The van der Waals surface area contributed by atoms with E-state index in [2.05, 4.69) is 32.6 Å². The Balaban J connectivity index is 1.72. The first kappa shape index (κ1) is 25.4. The van der Waals surface area contributed by atoms with Gasteiger partial charge in [-0.2, -0.15) is 0 Å². The SMILES string of the molecule is C=C1/C(=C\C=C2CCC[C@@]3(C)C2CC[C@@H]3[C@H](C)CC(=O)C[C@](C)(O)CO)C[C@@H](O)C[C@H]1O. The summed E-state index contributed by atoms with van der Waals surface area (Å²) in [5, 5.41) is 39.5. The van der Waals surface area contributed by atoms with Crippen molar-refractivity contribution in [2.75, 3.05) is 6.61 Å². The predicted octanol–water partition coefficient (Wildman–Crippen LogP) is 3.86. The van der Waals surface area contributed by atoms with Gasteiger partial charge in [0.05, 0.1) is 24.4 Å². The molecule has 3 aliphatic carbocycles. The molecule has 1 unspecified atom stereocenters. The van der Waals surface area contributed by atoms with E-state index in [1.54, 1.807) is 0 Å². The van der Waals surface area contributed by atoms with Crippen LogP contribution in [0.3, 0.4) is 0 Å². The Hall–Kier alpha value is -1.27. The molecule has 3 aliphatic rings. The molecule has 0 radical (unpaired) electrons. The zero-order chi connectivity index (χ0) is 23.7. The molecule has 0 heterocycles. The van der Waals surface area contributed by atoms with Gasteiger partial charge in [0, 0.05) is 19.3 Å². The highest BCUT2D eigenvalue weighted by atomic mass is 16.3. The molecule has 0 spiro atoms. The topological polar surface area (TPSA) is 98.0 Å². The molecule has 0 saturated heterocycles. The van der Waals surface area contributed by atoms with Gasteiger partial charge in [-0.1, -0.05) is 38.2 Å². The van der Waals surface area contributed by atoms with Gasteiger partial charge in [-0.05, 0) is 79.8 Å². The van der Waals surface area contributed by atoms with Crippen LogP contribution in [-0.2, 0) is 4.79 Å². The van der Waals surface area contributed by atoms with Crippen LogP contribution in [0.25, 0.3) is 0 Å². The first-order valence-corrected chi connectivity index (χ1v) is 12.3. The zero-order valence-corrected chi connectivity index (χ0v) is 20.0. The summed E-state index contributed by atoms with van der Waals surface area (Å²) in [6.07, 6.45) is 10.0. The Labute approximate surface area is 192 Å². The molecule has 180 valence electrons. The van der Waals surface area contributed by atoms with Gasteiger partial charge in [0.15, 0.2) is 0 Å². The van der Waals surface area contributed by atoms with E-state index < -0.39 is 24.4 Å². The van der Waals surface area contributed by atoms with E-state index in [1.807, 2.05) is 0 Å². The summed E-state index contributed by atoms with van der Waals surface area (Å²) in [7, 11) is 0. The highest BCUT2D eigenvalue weighted by Crippen LogP contribution is 2.59. The van der Waals surface area contributed by atoms with Crippen LogP contribution in [0.1, 0.15) is 78.6 Å². The van der Waals surface area contributed by atoms with Crippen LogP contribution >= 0.6 is 0 Å². The highest BCUT2D eigenvalue weighted by Gasteiger charge is 2.50. The summed E-state index contributed by atoms with van der Waals surface area (Å²) in [6, 6.07) is 0. The smallest absolute Gasteiger partial charge is 0.136 e. The molecule has 3 saturated carbocycles. The van der Waals surface area contributed by atoms with Gasteiger partial charge in [0.25, 0.3) is 0 Å². The van der Waals surface area contributed by atoms with Gasteiger partial charge < -0.3 is 20.4 Å². The van der Waals surface area contributed by atoms with Crippen molar-refractivity contribution in [1.82, 2.24) is 0 Å². The van der Waals surface area contributed by atoms with Crippen LogP contribution in [-0.4, -0.2) is 50.6 Å². The van der Waals surface area contributed by atoms with Crippen LogP contribution in [0.15, 0.2) is 35.5 Å². The van der Waals surface area contributed by atoms with Gasteiger partial charge in [0.2, 0.25) is 0 Å². The number of aliphatic hydroxyl groups excluding tert-OH is 3. The predicted molar refractivity (Wildman–Crippen MR) is 126 cm³/mol. The van der Waals surface area contributed by atoms with Crippen molar-refractivity contribution in [3.63, 3.8) is 0 Å². The molecule has 5 heteroatoms. The van der Waals surface area contributed by atoms with Gasteiger partial charge in [-0.15, -0.1) is 0 Å². The van der Waals surface area contributed by atoms with Gasteiger partial charge >= 0.3 is 0 Å². The van der Waals surface area contributed by atoms with Gasteiger partial charge in [-0.25, -0.2) is 0 Å². The molecule has 0 aromatic heterocycles. The quantitative estimate of drug-likeness (QED) is 0.476. The molecule has 5 nitrogen and oxygen atoms in total. The average molecular weight is 447 g/mol. The van der Waals surface area contributed by atoms with E-state index >= 15 is 0 Å². The standard InChI is InChI=1S/C27H42O5/c1-17(12-22(30)15-26(3,32)16-28)23-9-10-24-19(6-5-11-27(23,24)4)7-8-20-13-21(29)14-25(31)18(20)2/h7-8,17,21,23-25,28-29,31-32H,2,5-6,9-16H2,1,3-4H3/b19-7?,20-8-/t17-,21-,23-,24?,25-,26+,27-/m1/s1. The van der Waals surface area contributed by atoms with Crippen molar-refractivity contribution in [2.45, 2.75) is 96.4 Å². The molecule has 0 aromatic carbocycles. The average Bonchev–Trinajstić information content (AvgIpc) is 3.06. The molecule has 0 aliphatic heterocycles. The van der Waals surface area contributed by atoms with Crippen LogP contribution in [0.2, 0.25) is 0 Å². The summed E-state index contributed by atoms with van der Waals surface area (Å²) in [6.45, 7) is 9.68. The molecule has 32 heavy (non-hydrogen) atoms. The number of hydrogen-bond donors (Lipinski definition) is 4. The maximum atomic E-state index is 12.5. The van der Waals surface area contributed by atoms with E-state index in [0.29, 0.717) is 31.1 Å². The van der Waals surface area contributed by atoms with Gasteiger partial charge in [0.1, 0.15) is 5.78 Å². The molecular weight excluding hydrogens is 404 g/mol. The molecular formula is C27H42O5. The molecule has 0 aromatic rings. The highest BCUT2D eigenvalue weighted by molar-refractivity contribution is 5.79. The van der Waals surface area contributed by atoms with Crippen molar-refractivity contribution in [1.29, 1.82) is 0 Å². The summed E-state index contributed by atoms with van der Waals surface area (Å²) in [5.74, 6) is 1.21. The van der Waals surface area contributed by atoms with E-state index in [4.69, 9.17) is 0 Å². The molecule has 7 atom stereocenters. The lowest BCUT2D eigenvalue weighted by molar-refractivity contribution is -0.126. The first-order chi connectivity index (χ1) is 15.0. The van der Waals surface area contributed by atoms with Crippen LogP contribution in [0, 0.1) is 23.2 Å². The molecule has 0 amide bonds. The summed E-state index contributed by atoms with van der Waals surface area (Å²) >= 11 is 0. The van der Waals surface area contributed by atoms with Crippen molar-refractivity contribution in [2.24, 2.45) is 23.2 Å². The first-order valence-electron chi connectivity index (χ1n) is 12.3. The van der Waals surface area contributed by atoms with Crippen LogP contribution in [0.4, 0.5) is 0 Å². The summed E-state index contributed by atoms with van der Waals surface area (Å²) < 4.78 is 0. The molecule has 3 fully saturated rings. The van der Waals surface area contributed by atoms with Crippen LogP contribution < -0.4 is 0 Å². The Morgan fingerprint density at radius 3 is 2.72 bits per heavy atom. The fourth-order valence-corrected chi connectivity index (χ4v) is 6.73. The normalized spacial score (nSPS) is 38.5. The second-order valence-electron chi connectivity index (χ2n) is 11.2. The second-order valence-corrected chi connectivity index (χ2v) is 11.2. The Morgan fingerprint density at radius 1 is 1.31 bits per heavy atom. The molecule has 0 bridgehead atoms.